The summed E-state index contributed by atoms with van der Waals surface area (Å²) in [5, 5.41) is 7.51. The summed E-state index contributed by atoms with van der Waals surface area (Å²) in [5.41, 5.74) is 11.0. The predicted molar refractivity (Wildman–Crippen MR) is 192 cm³/mol. The SMILES string of the molecule is c1ccc(-c2ccc3c(c2)c2cc(-c4ccccc4)ccc2n3-c2c3ccccc3c(-c3ccccc3)c3ccccc23)cc1. The Morgan fingerprint density at radius 3 is 1.09 bits per heavy atom. The molecule has 1 nitrogen and oxygen atoms in total. The first kappa shape index (κ1) is 25.6. The molecule has 1 aromatic heterocycles. The first-order chi connectivity index (χ1) is 22.3. The predicted octanol–water partition coefficient (Wildman–Crippen LogP) is 12.1. The molecule has 45 heavy (non-hydrogen) atoms. The molecule has 0 atom stereocenters. The van der Waals surface area contributed by atoms with E-state index in [0.717, 1.165) is 0 Å². The van der Waals surface area contributed by atoms with E-state index in [1.807, 2.05) is 0 Å². The van der Waals surface area contributed by atoms with Crippen molar-refractivity contribution in [3.05, 3.63) is 176 Å². The molecule has 210 valence electrons. The van der Waals surface area contributed by atoms with E-state index < -0.39 is 0 Å². The lowest BCUT2D eigenvalue weighted by atomic mass is 9.90. The van der Waals surface area contributed by atoms with Crippen LogP contribution >= 0.6 is 0 Å². The monoisotopic (exact) mass is 571 g/mol. The molecule has 8 aromatic carbocycles. The Morgan fingerprint density at radius 2 is 0.644 bits per heavy atom. The quantitative estimate of drug-likeness (QED) is 0.185. The van der Waals surface area contributed by atoms with Crippen LogP contribution in [-0.4, -0.2) is 4.57 Å². The minimum atomic E-state index is 1.21. The van der Waals surface area contributed by atoms with Crippen molar-refractivity contribution in [2.75, 3.05) is 0 Å². The molecular weight excluding hydrogens is 542 g/mol. The van der Waals surface area contributed by atoms with Crippen molar-refractivity contribution in [3.8, 4) is 39.1 Å². The van der Waals surface area contributed by atoms with Crippen molar-refractivity contribution < 1.29 is 0 Å². The van der Waals surface area contributed by atoms with Gasteiger partial charge in [0.15, 0.2) is 0 Å². The van der Waals surface area contributed by atoms with Crippen molar-refractivity contribution in [2.45, 2.75) is 0 Å². The number of hydrogen-bond acceptors (Lipinski definition) is 0. The Balaban J connectivity index is 1.43. The van der Waals surface area contributed by atoms with E-state index in [4.69, 9.17) is 0 Å². The summed E-state index contributed by atoms with van der Waals surface area (Å²) in [4.78, 5) is 0. The van der Waals surface area contributed by atoms with Gasteiger partial charge in [0, 0.05) is 21.5 Å². The van der Waals surface area contributed by atoms with Crippen molar-refractivity contribution in [1.82, 2.24) is 4.57 Å². The van der Waals surface area contributed by atoms with E-state index in [1.54, 1.807) is 0 Å². The van der Waals surface area contributed by atoms with Gasteiger partial charge >= 0.3 is 0 Å². The number of rotatable bonds is 4. The van der Waals surface area contributed by atoms with E-state index in [-0.39, 0.29) is 0 Å². The molecule has 0 amide bonds. The van der Waals surface area contributed by atoms with Crippen LogP contribution in [0.25, 0.3) is 82.4 Å². The average molecular weight is 572 g/mol. The fraction of sp³-hybridized carbons (Fsp3) is 0. The molecule has 0 spiro atoms. The van der Waals surface area contributed by atoms with Crippen LogP contribution in [0.15, 0.2) is 176 Å². The van der Waals surface area contributed by atoms with Crippen molar-refractivity contribution in [3.63, 3.8) is 0 Å². The van der Waals surface area contributed by atoms with Gasteiger partial charge in [-0.1, -0.05) is 152 Å². The Kier molecular flexibility index (Phi) is 5.89. The van der Waals surface area contributed by atoms with Crippen LogP contribution in [0.5, 0.6) is 0 Å². The van der Waals surface area contributed by atoms with Crippen LogP contribution in [-0.2, 0) is 0 Å². The van der Waals surface area contributed by atoms with E-state index >= 15 is 0 Å². The molecule has 9 rings (SSSR count). The number of aromatic nitrogens is 1. The molecule has 1 heterocycles. The fourth-order valence-corrected chi connectivity index (χ4v) is 7.15. The second kappa shape index (κ2) is 10.4. The Morgan fingerprint density at radius 1 is 0.267 bits per heavy atom. The molecule has 0 N–H and O–H groups in total. The maximum Gasteiger partial charge on any atom is 0.0619 e. The summed E-state index contributed by atoms with van der Waals surface area (Å²) in [5.74, 6) is 0. The first-order valence-corrected chi connectivity index (χ1v) is 15.5. The summed E-state index contributed by atoms with van der Waals surface area (Å²) in [6.07, 6.45) is 0. The largest absolute Gasteiger partial charge is 0.308 e. The second-order valence-electron chi connectivity index (χ2n) is 11.7. The summed E-state index contributed by atoms with van der Waals surface area (Å²) in [6.45, 7) is 0. The number of fused-ring (bicyclic) bond motifs is 5. The highest BCUT2D eigenvalue weighted by Gasteiger charge is 2.21. The summed E-state index contributed by atoms with van der Waals surface area (Å²) in [6, 6.07) is 63.9. The van der Waals surface area contributed by atoms with E-state index in [9.17, 15) is 0 Å². The van der Waals surface area contributed by atoms with Crippen molar-refractivity contribution in [1.29, 1.82) is 0 Å². The van der Waals surface area contributed by atoms with Gasteiger partial charge in [0.05, 0.1) is 16.7 Å². The molecule has 0 aliphatic heterocycles. The lowest BCUT2D eigenvalue weighted by Gasteiger charge is -2.19. The van der Waals surface area contributed by atoms with Crippen LogP contribution < -0.4 is 0 Å². The van der Waals surface area contributed by atoms with Crippen LogP contribution in [0.2, 0.25) is 0 Å². The highest BCUT2D eigenvalue weighted by atomic mass is 15.0. The summed E-state index contributed by atoms with van der Waals surface area (Å²) >= 11 is 0. The van der Waals surface area contributed by atoms with Gasteiger partial charge in [-0.3, -0.25) is 0 Å². The second-order valence-corrected chi connectivity index (χ2v) is 11.7. The van der Waals surface area contributed by atoms with E-state index in [2.05, 4.69) is 180 Å². The third-order valence-corrected chi connectivity index (χ3v) is 9.17. The van der Waals surface area contributed by atoms with Gasteiger partial charge in [0.2, 0.25) is 0 Å². The molecule has 0 radical (unpaired) electrons. The third kappa shape index (κ3) is 4.09. The Labute approximate surface area is 262 Å². The van der Waals surface area contributed by atoms with Crippen LogP contribution in [0.4, 0.5) is 0 Å². The van der Waals surface area contributed by atoms with Crippen molar-refractivity contribution in [2.24, 2.45) is 0 Å². The van der Waals surface area contributed by atoms with Gasteiger partial charge in [-0.2, -0.15) is 0 Å². The highest BCUT2D eigenvalue weighted by Crippen LogP contribution is 2.44. The molecule has 0 saturated heterocycles. The van der Waals surface area contributed by atoms with Crippen LogP contribution in [0, 0.1) is 0 Å². The molecule has 0 saturated carbocycles. The minimum Gasteiger partial charge on any atom is -0.308 e. The number of benzene rings is 8. The maximum absolute atomic E-state index is 2.51. The maximum atomic E-state index is 2.51. The van der Waals surface area contributed by atoms with Gasteiger partial charge < -0.3 is 4.57 Å². The molecule has 0 unspecified atom stereocenters. The molecule has 0 bridgehead atoms. The zero-order chi connectivity index (χ0) is 29.7. The Bertz CT molecular complexity index is 2350. The average Bonchev–Trinajstić information content (AvgIpc) is 3.44. The van der Waals surface area contributed by atoms with E-state index in [1.165, 1.54) is 82.4 Å². The van der Waals surface area contributed by atoms with Crippen LogP contribution in [0.1, 0.15) is 0 Å². The molecule has 0 aliphatic carbocycles. The van der Waals surface area contributed by atoms with Gasteiger partial charge in [-0.25, -0.2) is 0 Å². The summed E-state index contributed by atoms with van der Waals surface area (Å²) < 4.78 is 2.51. The summed E-state index contributed by atoms with van der Waals surface area (Å²) in [7, 11) is 0. The first-order valence-electron chi connectivity index (χ1n) is 15.5. The fourth-order valence-electron chi connectivity index (χ4n) is 7.15. The zero-order valence-corrected chi connectivity index (χ0v) is 24.7. The normalized spacial score (nSPS) is 11.6. The van der Waals surface area contributed by atoms with Gasteiger partial charge in [-0.05, 0) is 68.4 Å². The van der Waals surface area contributed by atoms with Gasteiger partial charge in [-0.15, -0.1) is 0 Å². The lowest BCUT2D eigenvalue weighted by Crippen LogP contribution is -1.99. The topological polar surface area (TPSA) is 4.93 Å². The van der Waals surface area contributed by atoms with Gasteiger partial charge in [0.1, 0.15) is 0 Å². The van der Waals surface area contributed by atoms with Crippen molar-refractivity contribution >= 4 is 43.4 Å². The lowest BCUT2D eigenvalue weighted by molar-refractivity contribution is 1.21. The molecule has 1 heteroatoms. The molecule has 0 aliphatic rings. The number of hydrogen-bond donors (Lipinski definition) is 0. The van der Waals surface area contributed by atoms with E-state index in [0.29, 0.717) is 0 Å². The highest BCUT2D eigenvalue weighted by molar-refractivity contribution is 6.21. The molecule has 9 aromatic rings. The molecule has 0 fully saturated rings. The third-order valence-electron chi connectivity index (χ3n) is 9.17. The smallest absolute Gasteiger partial charge is 0.0619 e. The van der Waals surface area contributed by atoms with Gasteiger partial charge in [0.25, 0.3) is 0 Å². The Hall–Kier alpha value is -5.92. The minimum absolute atomic E-state index is 1.21. The standard InChI is InChI=1S/C44H29N/c1-4-14-30(15-5-1)33-24-26-41-39(28-33)40-29-34(31-16-6-2-7-17-31)25-27-42(40)45(41)44-37-22-12-10-20-35(37)43(32-18-8-3-9-19-32)36-21-11-13-23-38(36)44/h1-29H. The number of nitrogens with zero attached hydrogens (tertiary/aromatic N) is 1. The molecular formula is C44H29N. The zero-order valence-electron chi connectivity index (χ0n) is 24.7. The van der Waals surface area contributed by atoms with Crippen LogP contribution in [0.3, 0.4) is 0 Å².